The maximum atomic E-state index is 13.0. The van der Waals surface area contributed by atoms with Gasteiger partial charge < -0.3 is 4.74 Å². The highest BCUT2D eigenvalue weighted by molar-refractivity contribution is 5.77. The van der Waals surface area contributed by atoms with Crippen molar-refractivity contribution in [1.82, 2.24) is 19.3 Å². The Balaban J connectivity index is 2.13. The molecule has 0 spiro atoms. The van der Waals surface area contributed by atoms with E-state index in [1.165, 1.54) is 53.1 Å². The molecule has 7 nitrogen and oxygen atoms in total. The summed E-state index contributed by atoms with van der Waals surface area (Å²) in [6, 6.07) is 4.86. The smallest absolute Gasteiger partial charge is 0.328 e. The second-order valence-corrected chi connectivity index (χ2v) is 4.93. The van der Waals surface area contributed by atoms with E-state index in [4.69, 9.17) is 0 Å². The van der Waals surface area contributed by atoms with Gasteiger partial charge in [0.25, 0.3) is 5.56 Å². The van der Waals surface area contributed by atoms with Crippen molar-refractivity contribution in [2.75, 3.05) is 7.11 Å². The molecule has 0 fully saturated rings. The SMILES string of the molecule is COC(=O)[C@@H](C)n1cnc2c(cnn2-c2ccc(F)cc2)c1=O. The third kappa shape index (κ3) is 2.48. The minimum atomic E-state index is -0.793. The lowest BCUT2D eigenvalue weighted by Crippen LogP contribution is -2.29. The fraction of sp³-hybridized carbons (Fsp3) is 0.200. The number of hydrogen-bond donors (Lipinski definition) is 0. The van der Waals surface area contributed by atoms with Crippen LogP contribution in [-0.2, 0) is 9.53 Å². The molecule has 0 saturated heterocycles. The zero-order valence-electron chi connectivity index (χ0n) is 12.4. The molecule has 0 N–H and O–H groups in total. The Morgan fingerprint density at radius 3 is 2.65 bits per heavy atom. The van der Waals surface area contributed by atoms with Crippen molar-refractivity contribution >= 4 is 17.0 Å². The molecule has 0 aliphatic heterocycles. The van der Waals surface area contributed by atoms with E-state index >= 15 is 0 Å². The van der Waals surface area contributed by atoms with Gasteiger partial charge in [0.2, 0.25) is 0 Å². The van der Waals surface area contributed by atoms with Crippen molar-refractivity contribution < 1.29 is 13.9 Å². The Kier molecular flexibility index (Phi) is 3.65. The van der Waals surface area contributed by atoms with Gasteiger partial charge in [-0.15, -0.1) is 0 Å². The third-order valence-electron chi connectivity index (χ3n) is 3.54. The molecule has 0 unspecified atom stereocenters. The van der Waals surface area contributed by atoms with Crippen molar-refractivity contribution in [2.45, 2.75) is 13.0 Å². The topological polar surface area (TPSA) is 79.0 Å². The summed E-state index contributed by atoms with van der Waals surface area (Å²) in [6.45, 7) is 1.55. The number of ether oxygens (including phenoxy) is 1. The summed E-state index contributed by atoms with van der Waals surface area (Å²) in [7, 11) is 1.25. The van der Waals surface area contributed by atoms with E-state index in [-0.39, 0.29) is 11.2 Å². The molecule has 0 bridgehead atoms. The Labute approximate surface area is 129 Å². The Hall–Kier alpha value is -3.03. The number of esters is 1. The number of hydrogen-bond acceptors (Lipinski definition) is 5. The Morgan fingerprint density at radius 1 is 1.30 bits per heavy atom. The first-order valence-electron chi connectivity index (χ1n) is 6.81. The van der Waals surface area contributed by atoms with Crippen LogP contribution >= 0.6 is 0 Å². The molecular weight excluding hydrogens is 303 g/mol. The van der Waals surface area contributed by atoms with Crippen LogP contribution in [0.2, 0.25) is 0 Å². The molecule has 0 aliphatic rings. The molecule has 2 heterocycles. The second-order valence-electron chi connectivity index (χ2n) is 4.93. The summed E-state index contributed by atoms with van der Waals surface area (Å²) in [5.41, 5.74) is 0.503. The first-order chi connectivity index (χ1) is 11.0. The van der Waals surface area contributed by atoms with Crippen LogP contribution in [-0.4, -0.2) is 32.4 Å². The number of carbonyl (C=O) groups is 1. The summed E-state index contributed by atoms with van der Waals surface area (Å²) in [4.78, 5) is 28.3. The predicted molar refractivity (Wildman–Crippen MR) is 79.8 cm³/mol. The maximum Gasteiger partial charge on any atom is 0.328 e. The molecule has 23 heavy (non-hydrogen) atoms. The summed E-state index contributed by atoms with van der Waals surface area (Å²) < 4.78 is 20.3. The lowest BCUT2D eigenvalue weighted by Gasteiger charge is -2.12. The first kappa shape index (κ1) is 14.9. The summed E-state index contributed by atoms with van der Waals surface area (Å²) in [6.07, 6.45) is 2.64. The van der Waals surface area contributed by atoms with Crippen LogP contribution in [0.25, 0.3) is 16.7 Å². The van der Waals surface area contributed by atoms with Crippen molar-refractivity contribution in [2.24, 2.45) is 0 Å². The first-order valence-corrected chi connectivity index (χ1v) is 6.81. The number of rotatable bonds is 3. The van der Waals surface area contributed by atoms with E-state index in [9.17, 15) is 14.0 Å². The van der Waals surface area contributed by atoms with E-state index in [2.05, 4.69) is 14.8 Å². The quantitative estimate of drug-likeness (QED) is 0.683. The molecule has 0 amide bonds. The molecule has 118 valence electrons. The average molecular weight is 316 g/mol. The van der Waals surface area contributed by atoms with E-state index in [1.807, 2.05) is 0 Å². The summed E-state index contributed by atoms with van der Waals surface area (Å²) in [5.74, 6) is -0.911. The van der Waals surface area contributed by atoms with Gasteiger partial charge in [0.05, 0.1) is 19.0 Å². The summed E-state index contributed by atoms with van der Waals surface area (Å²) >= 11 is 0. The van der Waals surface area contributed by atoms with E-state index in [0.717, 1.165) is 0 Å². The highest BCUT2D eigenvalue weighted by Gasteiger charge is 2.19. The molecule has 1 aromatic carbocycles. The van der Waals surface area contributed by atoms with Crippen LogP contribution in [0, 0.1) is 5.82 Å². The maximum absolute atomic E-state index is 13.0. The van der Waals surface area contributed by atoms with Gasteiger partial charge in [-0.25, -0.2) is 18.9 Å². The van der Waals surface area contributed by atoms with Crippen LogP contribution in [0.1, 0.15) is 13.0 Å². The summed E-state index contributed by atoms with van der Waals surface area (Å²) in [5, 5.41) is 4.38. The van der Waals surface area contributed by atoms with Gasteiger partial charge >= 0.3 is 5.97 Å². The van der Waals surface area contributed by atoms with Crippen LogP contribution in [0.5, 0.6) is 0 Å². The molecule has 0 saturated carbocycles. The molecular formula is C15H13FN4O3. The molecule has 3 rings (SSSR count). The lowest BCUT2D eigenvalue weighted by molar-refractivity contribution is -0.144. The van der Waals surface area contributed by atoms with Gasteiger partial charge in [-0.2, -0.15) is 5.10 Å². The number of aromatic nitrogens is 4. The van der Waals surface area contributed by atoms with Crippen molar-refractivity contribution in [3.05, 3.63) is 53.0 Å². The van der Waals surface area contributed by atoms with Gasteiger partial charge in [0.15, 0.2) is 5.65 Å². The number of fused-ring (bicyclic) bond motifs is 1. The molecule has 0 radical (unpaired) electrons. The number of methoxy groups -OCH3 is 1. The highest BCUT2D eigenvalue weighted by atomic mass is 19.1. The second kappa shape index (κ2) is 5.64. The largest absolute Gasteiger partial charge is 0.467 e. The fourth-order valence-electron chi connectivity index (χ4n) is 2.26. The molecule has 0 aliphatic carbocycles. The Bertz CT molecular complexity index is 930. The minimum absolute atomic E-state index is 0.257. The monoisotopic (exact) mass is 316 g/mol. The molecule has 3 aromatic rings. The van der Waals surface area contributed by atoms with Gasteiger partial charge in [-0.05, 0) is 31.2 Å². The number of benzene rings is 1. The molecule has 2 aromatic heterocycles. The van der Waals surface area contributed by atoms with E-state index in [1.54, 1.807) is 6.92 Å². The van der Waals surface area contributed by atoms with E-state index in [0.29, 0.717) is 11.3 Å². The fourth-order valence-corrected chi connectivity index (χ4v) is 2.26. The lowest BCUT2D eigenvalue weighted by atomic mass is 10.3. The van der Waals surface area contributed by atoms with Crippen molar-refractivity contribution in [3.63, 3.8) is 0 Å². The van der Waals surface area contributed by atoms with Crippen LogP contribution in [0.4, 0.5) is 4.39 Å². The molecule has 8 heteroatoms. The van der Waals surface area contributed by atoms with Crippen LogP contribution < -0.4 is 5.56 Å². The van der Waals surface area contributed by atoms with Gasteiger partial charge in [-0.3, -0.25) is 9.36 Å². The Morgan fingerprint density at radius 2 is 2.00 bits per heavy atom. The highest BCUT2D eigenvalue weighted by Crippen LogP contribution is 2.15. The van der Waals surface area contributed by atoms with Crippen LogP contribution in [0.15, 0.2) is 41.6 Å². The van der Waals surface area contributed by atoms with Gasteiger partial charge in [-0.1, -0.05) is 0 Å². The van der Waals surface area contributed by atoms with Crippen molar-refractivity contribution in [3.8, 4) is 5.69 Å². The number of halogens is 1. The van der Waals surface area contributed by atoms with Crippen molar-refractivity contribution in [1.29, 1.82) is 0 Å². The average Bonchev–Trinajstić information content (AvgIpc) is 2.99. The van der Waals surface area contributed by atoms with Gasteiger partial charge in [0, 0.05) is 0 Å². The third-order valence-corrected chi connectivity index (χ3v) is 3.54. The number of nitrogens with zero attached hydrogens (tertiary/aromatic N) is 4. The minimum Gasteiger partial charge on any atom is -0.467 e. The van der Waals surface area contributed by atoms with Gasteiger partial charge in [0.1, 0.15) is 23.6 Å². The normalized spacial score (nSPS) is 12.3. The predicted octanol–water partition coefficient (Wildman–Crippen LogP) is 1.46. The van der Waals surface area contributed by atoms with E-state index < -0.39 is 17.6 Å². The standard InChI is InChI=1S/C15H13FN4O3/c1-9(15(22)23-2)19-8-17-13-12(14(19)21)7-18-20(13)11-5-3-10(16)4-6-11/h3-9H,1-2H3/t9-/m1/s1. The molecule has 1 atom stereocenters. The zero-order chi connectivity index (χ0) is 16.6. The zero-order valence-corrected chi connectivity index (χ0v) is 12.4. The number of carbonyl (C=O) groups excluding carboxylic acids is 1. The van der Waals surface area contributed by atoms with Crippen LogP contribution in [0.3, 0.4) is 0 Å².